The van der Waals surface area contributed by atoms with Gasteiger partial charge >= 0.3 is 0 Å². The molecule has 7 heteroatoms. The molecule has 0 bridgehead atoms. The maximum atomic E-state index is 10.5. The fourth-order valence-corrected chi connectivity index (χ4v) is 3.66. The third-order valence-corrected chi connectivity index (χ3v) is 5.09. The highest BCUT2D eigenvalue weighted by molar-refractivity contribution is 7.94. The van der Waals surface area contributed by atoms with Crippen LogP contribution < -0.4 is 5.90 Å². The second-order valence-corrected chi connectivity index (χ2v) is 6.42. The van der Waals surface area contributed by atoms with Crippen LogP contribution >= 0.6 is 23.6 Å². The SMILES string of the molecule is NOOSc1cc2c(O)n(C3CCCCC3)cc2cc1Cl. The Morgan fingerprint density at radius 1 is 1.29 bits per heavy atom. The van der Waals surface area contributed by atoms with Gasteiger partial charge in [0.2, 0.25) is 0 Å². The molecule has 114 valence electrons. The second-order valence-electron chi connectivity index (χ2n) is 5.27. The Morgan fingerprint density at radius 2 is 2.05 bits per heavy atom. The van der Waals surface area contributed by atoms with Gasteiger partial charge in [0.25, 0.3) is 0 Å². The van der Waals surface area contributed by atoms with Crippen LogP contribution in [-0.4, -0.2) is 9.67 Å². The Bertz CT molecular complexity index is 641. The lowest BCUT2D eigenvalue weighted by Gasteiger charge is -2.23. The minimum Gasteiger partial charge on any atom is -0.494 e. The molecule has 21 heavy (non-hydrogen) atoms. The Hall–Kier alpha value is -0.920. The molecule has 3 N–H and O–H groups in total. The zero-order valence-corrected chi connectivity index (χ0v) is 13.0. The van der Waals surface area contributed by atoms with E-state index in [1.54, 1.807) is 6.07 Å². The Morgan fingerprint density at radius 3 is 2.76 bits per heavy atom. The van der Waals surface area contributed by atoms with Crippen LogP contribution in [0.15, 0.2) is 23.2 Å². The summed E-state index contributed by atoms with van der Waals surface area (Å²) in [6.07, 6.45) is 7.88. The number of benzene rings is 1. The molecule has 1 aliphatic carbocycles. The number of hydrogen-bond donors (Lipinski definition) is 2. The molecule has 1 aliphatic rings. The summed E-state index contributed by atoms with van der Waals surface area (Å²) in [5.41, 5.74) is 0. The molecule has 1 aromatic heterocycles. The number of fused-ring (bicyclic) bond motifs is 1. The fraction of sp³-hybridized carbons (Fsp3) is 0.429. The Kier molecular flexibility index (Phi) is 4.61. The Balaban J connectivity index is 1.98. The normalized spacial score (nSPS) is 16.7. The van der Waals surface area contributed by atoms with Crippen LogP contribution in [0.3, 0.4) is 0 Å². The van der Waals surface area contributed by atoms with Crippen molar-refractivity contribution in [3.8, 4) is 5.88 Å². The van der Waals surface area contributed by atoms with Crippen LogP contribution in [0.5, 0.6) is 5.88 Å². The van der Waals surface area contributed by atoms with E-state index in [4.69, 9.17) is 17.5 Å². The highest BCUT2D eigenvalue weighted by atomic mass is 35.5. The number of aromatic nitrogens is 1. The topological polar surface area (TPSA) is 69.6 Å². The molecule has 0 aliphatic heterocycles. The van der Waals surface area contributed by atoms with E-state index in [2.05, 4.69) is 9.32 Å². The van der Waals surface area contributed by atoms with E-state index in [1.807, 2.05) is 16.8 Å². The summed E-state index contributed by atoms with van der Waals surface area (Å²) < 4.78 is 6.60. The van der Waals surface area contributed by atoms with Crippen molar-refractivity contribution in [3.63, 3.8) is 0 Å². The molecule has 5 nitrogen and oxygen atoms in total. The van der Waals surface area contributed by atoms with Gasteiger partial charge in [-0.3, -0.25) is 0 Å². The van der Waals surface area contributed by atoms with Crippen molar-refractivity contribution in [2.45, 2.75) is 43.0 Å². The van der Waals surface area contributed by atoms with Crippen molar-refractivity contribution in [3.05, 3.63) is 23.4 Å². The highest BCUT2D eigenvalue weighted by Crippen LogP contribution is 2.40. The van der Waals surface area contributed by atoms with E-state index in [0.717, 1.165) is 35.7 Å². The molecule has 0 spiro atoms. The fourth-order valence-electron chi connectivity index (χ4n) is 2.98. The van der Waals surface area contributed by atoms with Gasteiger partial charge in [-0.15, -0.1) is 9.32 Å². The molecule has 0 saturated heterocycles. The van der Waals surface area contributed by atoms with E-state index in [9.17, 15) is 5.11 Å². The van der Waals surface area contributed by atoms with Gasteiger partial charge in [-0.25, -0.2) is 0 Å². The molecule has 0 atom stereocenters. The lowest BCUT2D eigenvalue weighted by atomic mass is 9.95. The summed E-state index contributed by atoms with van der Waals surface area (Å²) >= 11 is 7.11. The zero-order chi connectivity index (χ0) is 14.8. The molecule has 1 fully saturated rings. The zero-order valence-electron chi connectivity index (χ0n) is 11.4. The molecule has 2 aromatic rings. The van der Waals surface area contributed by atoms with E-state index in [0.29, 0.717) is 16.0 Å². The quantitative estimate of drug-likeness (QED) is 0.496. The third-order valence-electron chi connectivity index (χ3n) is 4.00. The average Bonchev–Trinajstić information content (AvgIpc) is 2.82. The summed E-state index contributed by atoms with van der Waals surface area (Å²) in [6.45, 7) is 0. The molecular weight excluding hydrogens is 312 g/mol. The van der Waals surface area contributed by atoms with Crippen LogP contribution in [0, 0.1) is 0 Å². The third kappa shape index (κ3) is 3.00. The number of aromatic hydroxyl groups is 1. The second kappa shape index (κ2) is 6.46. The van der Waals surface area contributed by atoms with Gasteiger partial charge in [-0.2, -0.15) is 5.90 Å². The number of nitrogens with two attached hydrogens (primary N) is 1. The summed E-state index contributed by atoms with van der Waals surface area (Å²) in [5.74, 6) is 5.11. The molecule has 1 heterocycles. The van der Waals surface area contributed by atoms with Crippen molar-refractivity contribution >= 4 is 34.4 Å². The summed E-state index contributed by atoms with van der Waals surface area (Å²) in [7, 11) is 0. The molecule has 0 radical (unpaired) electrons. The van der Waals surface area contributed by atoms with E-state index < -0.39 is 0 Å². The summed E-state index contributed by atoms with van der Waals surface area (Å²) in [6, 6.07) is 3.97. The van der Waals surface area contributed by atoms with Gasteiger partial charge in [0.15, 0.2) is 5.88 Å². The highest BCUT2D eigenvalue weighted by Gasteiger charge is 2.20. The first-order valence-corrected chi connectivity index (χ1v) is 8.06. The van der Waals surface area contributed by atoms with Crippen LogP contribution in [0.1, 0.15) is 38.1 Å². The molecule has 1 saturated carbocycles. The van der Waals surface area contributed by atoms with Crippen LogP contribution in [-0.2, 0) is 9.32 Å². The first kappa shape index (κ1) is 15.0. The van der Waals surface area contributed by atoms with Gasteiger partial charge in [-0.05, 0) is 25.0 Å². The van der Waals surface area contributed by atoms with E-state index in [-0.39, 0.29) is 5.88 Å². The molecule has 1 aromatic carbocycles. The maximum absolute atomic E-state index is 10.5. The largest absolute Gasteiger partial charge is 0.494 e. The molecule has 0 amide bonds. The van der Waals surface area contributed by atoms with Crippen molar-refractivity contribution in [1.82, 2.24) is 4.57 Å². The minimum absolute atomic E-state index is 0.282. The van der Waals surface area contributed by atoms with Gasteiger partial charge in [-0.1, -0.05) is 30.9 Å². The van der Waals surface area contributed by atoms with Gasteiger partial charge in [0.1, 0.15) is 0 Å². The van der Waals surface area contributed by atoms with Crippen LogP contribution in [0.2, 0.25) is 5.02 Å². The first-order valence-electron chi connectivity index (χ1n) is 6.94. The number of rotatable bonds is 4. The maximum Gasteiger partial charge on any atom is 0.199 e. The minimum atomic E-state index is 0.282. The van der Waals surface area contributed by atoms with E-state index >= 15 is 0 Å². The predicted molar refractivity (Wildman–Crippen MR) is 82.9 cm³/mol. The smallest absolute Gasteiger partial charge is 0.199 e. The lowest BCUT2D eigenvalue weighted by molar-refractivity contribution is -0.195. The average molecular weight is 329 g/mol. The van der Waals surface area contributed by atoms with Crippen molar-refractivity contribution in [2.24, 2.45) is 5.90 Å². The first-order chi connectivity index (χ1) is 10.2. The van der Waals surface area contributed by atoms with E-state index in [1.165, 1.54) is 19.3 Å². The Labute approximate surface area is 132 Å². The standard InChI is InChI=1S/C14H17ClN2O3S/c15-12-6-9-8-17(10-4-2-1-3-5-10)14(18)11(9)7-13(12)21-20-19-16/h6-8,10,18H,1-5,16H2. The van der Waals surface area contributed by atoms with Gasteiger partial charge in [0, 0.05) is 23.0 Å². The summed E-state index contributed by atoms with van der Waals surface area (Å²) in [4.78, 5) is 4.72. The van der Waals surface area contributed by atoms with Gasteiger partial charge in [0.05, 0.1) is 22.0 Å². The summed E-state index contributed by atoms with van der Waals surface area (Å²) in [5, 5.41) is 12.7. The lowest BCUT2D eigenvalue weighted by Crippen LogP contribution is -2.11. The molecule has 3 rings (SSSR count). The molecule has 0 unspecified atom stereocenters. The van der Waals surface area contributed by atoms with Crippen molar-refractivity contribution in [1.29, 1.82) is 0 Å². The number of halogens is 1. The number of hydrogen-bond acceptors (Lipinski definition) is 5. The van der Waals surface area contributed by atoms with Crippen molar-refractivity contribution in [2.75, 3.05) is 0 Å². The molecular formula is C14H17ClN2O3S. The monoisotopic (exact) mass is 328 g/mol. The van der Waals surface area contributed by atoms with Crippen LogP contribution in [0.4, 0.5) is 0 Å². The van der Waals surface area contributed by atoms with Crippen LogP contribution in [0.25, 0.3) is 10.8 Å². The number of nitrogens with zero attached hydrogens (tertiary/aromatic N) is 1. The van der Waals surface area contributed by atoms with Gasteiger partial charge < -0.3 is 9.67 Å². The van der Waals surface area contributed by atoms with Crippen molar-refractivity contribution < 1.29 is 14.4 Å². The predicted octanol–water partition coefficient (Wildman–Crippen LogP) is 4.33.